The summed E-state index contributed by atoms with van der Waals surface area (Å²) in [6.45, 7) is 8.37. The van der Waals surface area contributed by atoms with E-state index in [1.165, 1.54) is 0 Å². The fourth-order valence-electron chi connectivity index (χ4n) is 1.01. The van der Waals surface area contributed by atoms with Crippen molar-refractivity contribution in [1.29, 1.82) is 0 Å². The molecule has 0 saturated carbocycles. The minimum absolute atomic E-state index is 0.0885. The molecule has 0 rings (SSSR count). The Balaban J connectivity index is 4.16. The Morgan fingerprint density at radius 3 is 2.10 bits per heavy atom. The van der Waals surface area contributed by atoms with Crippen molar-refractivity contribution in [2.75, 3.05) is 0 Å². The van der Waals surface area contributed by atoms with Gasteiger partial charge in [0, 0.05) is 5.41 Å². The summed E-state index contributed by atoms with van der Waals surface area (Å²) in [5.41, 5.74) is -0.0885. The molecule has 0 saturated heterocycles. The molecule has 0 heterocycles. The lowest BCUT2D eigenvalue weighted by Gasteiger charge is -2.27. The second kappa shape index (κ2) is 3.75. The molecule has 60 valence electrons. The van der Waals surface area contributed by atoms with Crippen molar-refractivity contribution >= 4 is 6.29 Å². The third-order valence-electron chi connectivity index (χ3n) is 2.77. The Hall–Kier alpha value is -0.330. The fraction of sp³-hybridized carbons (Fsp3) is 0.889. The third kappa shape index (κ3) is 1.83. The van der Waals surface area contributed by atoms with Gasteiger partial charge in [0.05, 0.1) is 0 Å². The predicted molar refractivity (Wildman–Crippen MR) is 43.9 cm³/mol. The Labute approximate surface area is 63.8 Å². The molecule has 2 unspecified atom stereocenters. The van der Waals surface area contributed by atoms with E-state index in [9.17, 15) is 4.79 Å². The molecule has 1 nitrogen and oxygen atoms in total. The zero-order valence-corrected chi connectivity index (χ0v) is 7.48. The summed E-state index contributed by atoms with van der Waals surface area (Å²) in [4.78, 5) is 10.7. The molecule has 0 aliphatic heterocycles. The molecule has 0 bridgehead atoms. The van der Waals surface area contributed by atoms with E-state index in [-0.39, 0.29) is 5.41 Å². The van der Waals surface area contributed by atoms with Gasteiger partial charge in [-0.15, -0.1) is 0 Å². The molecule has 0 spiro atoms. The maximum absolute atomic E-state index is 10.7. The topological polar surface area (TPSA) is 17.1 Å². The van der Waals surface area contributed by atoms with Gasteiger partial charge in [-0.1, -0.05) is 34.1 Å². The molecule has 0 aromatic heterocycles. The Kier molecular flexibility index (Phi) is 3.62. The first-order valence-corrected chi connectivity index (χ1v) is 4.07. The normalized spacial score (nSPS) is 19.6. The summed E-state index contributed by atoms with van der Waals surface area (Å²) in [7, 11) is 0. The van der Waals surface area contributed by atoms with E-state index < -0.39 is 0 Å². The first kappa shape index (κ1) is 9.67. The zero-order valence-electron chi connectivity index (χ0n) is 7.48. The van der Waals surface area contributed by atoms with E-state index in [1.807, 2.05) is 6.92 Å². The first-order chi connectivity index (χ1) is 4.60. The number of aldehydes is 1. The summed E-state index contributed by atoms with van der Waals surface area (Å²) in [6, 6.07) is 0. The average molecular weight is 142 g/mol. The van der Waals surface area contributed by atoms with Gasteiger partial charge >= 0.3 is 0 Å². The Bertz CT molecular complexity index is 109. The summed E-state index contributed by atoms with van der Waals surface area (Å²) in [6.07, 6.45) is 3.13. The van der Waals surface area contributed by atoms with Crippen molar-refractivity contribution in [1.82, 2.24) is 0 Å². The van der Waals surface area contributed by atoms with Crippen LogP contribution in [0.5, 0.6) is 0 Å². The molecular weight excluding hydrogens is 124 g/mol. The van der Waals surface area contributed by atoms with Crippen molar-refractivity contribution in [2.45, 2.75) is 40.5 Å². The largest absolute Gasteiger partial charge is 0.303 e. The van der Waals surface area contributed by atoms with Gasteiger partial charge in [-0.05, 0) is 12.3 Å². The quantitative estimate of drug-likeness (QED) is 0.551. The van der Waals surface area contributed by atoms with Crippen LogP contribution in [-0.2, 0) is 4.79 Å². The number of hydrogen-bond acceptors (Lipinski definition) is 1. The van der Waals surface area contributed by atoms with Crippen molar-refractivity contribution in [3.8, 4) is 0 Å². The number of carbonyl (C=O) groups excluding carboxylic acids is 1. The van der Waals surface area contributed by atoms with Crippen molar-refractivity contribution in [2.24, 2.45) is 11.3 Å². The fourth-order valence-corrected chi connectivity index (χ4v) is 1.01. The average Bonchev–Trinajstić information content (AvgIpc) is 2.01. The van der Waals surface area contributed by atoms with Crippen LogP contribution in [0.1, 0.15) is 40.5 Å². The van der Waals surface area contributed by atoms with Crippen LogP contribution < -0.4 is 0 Å². The van der Waals surface area contributed by atoms with Gasteiger partial charge in [-0.2, -0.15) is 0 Å². The SMILES string of the molecule is CCC(C)C(C)(C=O)CC. The summed E-state index contributed by atoms with van der Waals surface area (Å²) in [5, 5.41) is 0. The van der Waals surface area contributed by atoms with Crippen LogP contribution in [0, 0.1) is 11.3 Å². The van der Waals surface area contributed by atoms with Crippen molar-refractivity contribution in [3.05, 3.63) is 0 Å². The van der Waals surface area contributed by atoms with E-state index in [4.69, 9.17) is 0 Å². The maximum Gasteiger partial charge on any atom is 0.126 e. The number of carbonyl (C=O) groups is 1. The van der Waals surface area contributed by atoms with Crippen molar-refractivity contribution < 1.29 is 4.79 Å². The van der Waals surface area contributed by atoms with Crippen LogP contribution in [0.2, 0.25) is 0 Å². The summed E-state index contributed by atoms with van der Waals surface area (Å²) in [5.74, 6) is 0.509. The van der Waals surface area contributed by atoms with Crippen LogP contribution in [0.3, 0.4) is 0 Å². The highest BCUT2D eigenvalue weighted by Gasteiger charge is 2.26. The second-order valence-corrected chi connectivity index (χ2v) is 3.29. The van der Waals surface area contributed by atoms with Gasteiger partial charge in [-0.3, -0.25) is 0 Å². The van der Waals surface area contributed by atoms with E-state index in [2.05, 4.69) is 20.8 Å². The summed E-state index contributed by atoms with van der Waals surface area (Å²) >= 11 is 0. The molecule has 0 aromatic carbocycles. The predicted octanol–water partition coefficient (Wildman–Crippen LogP) is 2.65. The third-order valence-corrected chi connectivity index (χ3v) is 2.77. The molecular formula is C9H18O. The maximum atomic E-state index is 10.7. The lowest BCUT2D eigenvalue weighted by Crippen LogP contribution is -2.25. The van der Waals surface area contributed by atoms with Gasteiger partial charge in [0.1, 0.15) is 6.29 Å². The molecule has 0 fully saturated rings. The molecule has 0 radical (unpaired) electrons. The van der Waals surface area contributed by atoms with Gasteiger partial charge in [0.25, 0.3) is 0 Å². The molecule has 0 aliphatic carbocycles. The van der Waals surface area contributed by atoms with Gasteiger partial charge in [-0.25, -0.2) is 0 Å². The van der Waals surface area contributed by atoms with E-state index in [1.54, 1.807) is 0 Å². The minimum atomic E-state index is -0.0885. The highest BCUT2D eigenvalue weighted by atomic mass is 16.1. The molecule has 10 heavy (non-hydrogen) atoms. The van der Waals surface area contributed by atoms with Crippen LogP contribution in [0.4, 0.5) is 0 Å². The standard InChI is InChI=1S/C9H18O/c1-5-8(3)9(4,6-2)7-10/h7-8H,5-6H2,1-4H3. The zero-order chi connectivity index (χ0) is 8.20. The lowest BCUT2D eigenvalue weighted by molar-refractivity contribution is -0.118. The van der Waals surface area contributed by atoms with E-state index in [0.717, 1.165) is 19.1 Å². The van der Waals surface area contributed by atoms with Gasteiger partial charge in [0.15, 0.2) is 0 Å². The summed E-state index contributed by atoms with van der Waals surface area (Å²) < 4.78 is 0. The molecule has 0 aromatic rings. The molecule has 2 atom stereocenters. The molecule has 1 heteroatoms. The van der Waals surface area contributed by atoms with Crippen LogP contribution >= 0.6 is 0 Å². The smallest absolute Gasteiger partial charge is 0.126 e. The number of hydrogen-bond donors (Lipinski definition) is 0. The minimum Gasteiger partial charge on any atom is -0.303 e. The Morgan fingerprint density at radius 1 is 1.50 bits per heavy atom. The Morgan fingerprint density at radius 2 is 2.00 bits per heavy atom. The van der Waals surface area contributed by atoms with E-state index in [0.29, 0.717) is 5.92 Å². The molecule has 0 aliphatic rings. The first-order valence-electron chi connectivity index (χ1n) is 4.07. The van der Waals surface area contributed by atoms with Crippen LogP contribution in [0.15, 0.2) is 0 Å². The lowest BCUT2D eigenvalue weighted by atomic mass is 9.76. The highest BCUT2D eigenvalue weighted by molar-refractivity contribution is 5.58. The van der Waals surface area contributed by atoms with Crippen LogP contribution in [0.25, 0.3) is 0 Å². The number of rotatable bonds is 4. The van der Waals surface area contributed by atoms with Gasteiger partial charge < -0.3 is 4.79 Å². The van der Waals surface area contributed by atoms with Gasteiger partial charge in [0.2, 0.25) is 0 Å². The highest BCUT2D eigenvalue weighted by Crippen LogP contribution is 2.30. The molecule has 0 amide bonds. The second-order valence-electron chi connectivity index (χ2n) is 3.29. The van der Waals surface area contributed by atoms with Crippen LogP contribution in [-0.4, -0.2) is 6.29 Å². The molecule has 0 N–H and O–H groups in total. The van der Waals surface area contributed by atoms with Crippen molar-refractivity contribution in [3.63, 3.8) is 0 Å². The van der Waals surface area contributed by atoms with E-state index >= 15 is 0 Å². The monoisotopic (exact) mass is 142 g/mol.